The van der Waals surface area contributed by atoms with Crippen LogP contribution in [0.15, 0.2) is 24.3 Å². The minimum atomic E-state index is -0.435. The molecule has 4 nitrogen and oxygen atoms in total. The zero-order valence-corrected chi connectivity index (χ0v) is 13.5. The van der Waals surface area contributed by atoms with Crippen molar-refractivity contribution in [2.24, 2.45) is 5.92 Å². The lowest BCUT2D eigenvalue weighted by molar-refractivity contribution is -0.130. The molecule has 0 aliphatic heterocycles. The van der Waals surface area contributed by atoms with Gasteiger partial charge in [-0.25, -0.2) is 0 Å². The molecule has 4 heteroatoms. The maximum absolute atomic E-state index is 12.2. The van der Waals surface area contributed by atoms with Crippen LogP contribution in [0.3, 0.4) is 0 Å². The van der Waals surface area contributed by atoms with Crippen LogP contribution in [0.1, 0.15) is 36.8 Å². The van der Waals surface area contributed by atoms with Crippen molar-refractivity contribution in [1.82, 2.24) is 5.32 Å². The number of benzene rings is 1. The molecule has 0 aromatic heterocycles. The Labute approximate surface area is 132 Å². The van der Waals surface area contributed by atoms with E-state index in [9.17, 15) is 9.90 Å². The summed E-state index contributed by atoms with van der Waals surface area (Å²) < 4.78 is 5.25. The topological polar surface area (TPSA) is 58.6 Å². The molecule has 22 heavy (non-hydrogen) atoms. The van der Waals surface area contributed by atoms with Gasteiger partial charge in [0.15, 0.2) is 0 Å². The predicted octanol–water partition coefficient (Wildman–Crippen LogP) is 2.22. The van der Waals surface area contributed by atoms with Gasteiger partial charge in [0.2, 0.25) is 5.91 Å². The summed E-state index contributed by atoms with van der Waals surface area (Å²) in [5.74, 6) is 0.0607. The first-order chi connectivity index (χ1) is 10.6. The zero-order chi connectivity index (χ0) is 15.9. The van der Waals surface area contributed by atoms with Gasteiger partial charge in [-0.2, -0.15) is 0 Å². The lowest BCUT2D eigenvalue weighted by Crippen LogP contribution is -2.41. The molecule has 1 saturated carbocycles. The van der Waals surface area contributed by atoms with E-state index in [2.05, 4.69) is 36.5 Å². The van der Waals surface area contributed by atoms with Gasteiger partial charge >= 0.3 is 0 Å². The van der Waals surface area contributed by atoms with E-state index in [4.69, 9.17) is 4.74 Å². The van der Waals surface area contributed by atoms with Gasteiger partial charge in [0.1, 0.15) is 0 Å². The highest BCUT2D eigenvalue weighted by atomic mass is 16.5. The number of aliphatic hydroxyl groups excluding tert-OH is 1. The lowest BCUT2D eigenvalue weighted by atomic mass is 9.84. The standard InChI is InChI=1S/C18H27NO3/c1-13-5-3-6-14(11-13)7-4-10-19-18(21)15-8-9-16(20)17(12-15)22-2/h3,5-6,11,15-17,20H,4,7-10,12H2,1-2H3,(H,19,21)/t15-,16+,17-/m1/s1. The number of nitrogens with one attached hydrogen (secondary N) is 1. The Kier molecular flexibility index (Phi) is 6.40. The molecular formula is C18H27NO3. The van der Waals surface area contributed by atoms with Crippen LogP contribution in [-0.2, 0) is 16.0 Å². The second-order valence-electron chi connectivity index (χ2n) is 6.24. The molecule has 0 unspecified atom stereocenters. The summed E-state index contributed by atoms with van der Waals surface area (Å²) in [5.41, 5.74) is 2.59. The van der Waals surface area contributed by atoms with E-state index in [-0.39, 0.29) is 17.9 Å². The summed E-state index contributed by atoms with van der Waals surface area (Å²) in [4.78, 5) is 12.2. The van der Waals surface area contributed by atoms with Gasteiger partial charge in [0.05, 0.1) is 12.2 Å². The summed E-state index contributed by atoms with van der Waals surface area (Å²) in [6.45, 7) is 2.79. The first-order valence-electron chi connectivity index (χ1n) is 8.14. The molecule has 2 N–H and O–H groups in total. The second kappa shape index (κ2) is 8.30. The molecule has 0 spiro atoms. The second-order valence-corrected chi connectivity index (χ2v) is 6.24. The maximum atomic E-state index is 12.2. The fourth-order valence-corrected chi connectivity index (χ4v) is 3.12. The van der Waals surface area contributed by atoms with Gasteiger partial charge in [-0.05, 0) is 44.6 Å². The maximum Gasteiger partial charge on any atom is 0.223 e. The third-order valence-electron chi connectivity index (χ3n) is 4.45. The van der Waals surface area contributed by atoms with E-state index < -0.39 is 6.10 Å². The fraction of sp³-hybridized carbons (Fsp3) is 0.611. The Balaban J connectivity index is 1.69. The van der Waals surface area contributed by atoms with Crippen molar-refractivity contribution in [3.63, 3.8) is 0 Å². The number of amides is 1. The van der Waals surface area contributed by atoms with Crippen LogP contribution < -0.4 is 5.32 Å². The van der Waals surface area contributed by atoms with E-state index in [0.29, 0.717) is 19.4 Å². The number of methoxy groups -OCH3 is 1. The van der Waals surface area contributed by atoms with Crippen LogP contribution in [0.5, 0.6) is 0 Å². The highest BCUT2D eigenvalue weighted by molar-refractivity contribution is 5.78. The average molecular weight is 305 g/mol. The molecule has 3 atom stereocenters. The number of carbonyl (C=O) groups is 1. The van der Waals surface area contributed by atoms with Crippen molar-refractivity contribution < 1.29 is 14.6 Å². The Hall–Kier alpha value is -1.39. The molecule has 1 fully saturated rings. The summed E-state index contributed by atoms with van der Waals surface area (Å²) in [6, 6.07) is 8.48. The summed E-state index contributed by atoms with van der Waals surface area (Å²) in [7, 11) is 1.59. The Morgan fingerprint density at radius 2 is 2.23 bits per heavy atom. The molecule has 0 heterocycles. The van der Waals surface area contributed by atoms with Crippen LogP contribution in [0.4, 0.5) is 0 Å². The van der Waals surface area contributed by atoms with Gasteiger partial charge in [-0.3, -0.25) is 4.79 Å². The lowest BCUT2D eigenvalue weighted by Gasteiger charge is -2.31. The molecule has 1 aliphatic rings. The number of carbonyl (C=O) groups excluding carboxylic acids is 1. The number of rotatable bonds is 6. The van der Waals surface area contributed by atoms with Crippen molar-refractivity contribution in [2.75, 3.05) is 13.7 Å². The van der Waals surface area contributed by atoms with Crippen molar-refractivity contribution in [2.45, 2.75) is 51.2 Å². The van der Waals surface area contributed by atoms with Crippen molar-refractivity contribution >= 4 is 5.91 Å². The van der Waals surface area contributed by atoms with Crippen LogP contribution in [-0.4, -0.2) is 36.9 Å². The number of aliphatic hydroxyl groups is 1. The van der Waals surface area contributed by atoms with E-state index >= 15 is 0 Å². The normalized spacial score (nSPS) is 25.0. The Morgan fingerprint density at radius 1 is 1.41 bits per heavy atom. The van der Waals surface area contributed by atoms with Crippen LogP contribution in [0.25, 0.3) is 0 Å². The van der Waals surface area contributed by atoms with E-state index in [1.807, 2.05) is 0 Å². The highest BCUT2D eigenvalue weighted by Crippen LogP contribution is 2.26. The van der Waals surface area contributed by atoms with Gasteiger partial charge in [0, 0.05) is 19.6 Å². The molecule has 2 rings (SSSR count). The van der Waals surface area contributed by atoms with Crippen molar-refractivity contribution in [3.05, 3.63) is 35.4 Å². The number of hydrogen-bond donors (Lipinski definition) is 2. The Morgan fingerprint density at radius 3 is 2.95 bits per heavy atom. The predicted molar refractivity (Wildman–Crippen MR) is 86.7 cm³/mol. The third kappa shape index (κ3) is 4.82. The van der Waals surface area contributed by atoms with Crippen LogP contribution in [0.2, 0.25) is 0 Å². The zero-order valence-electron chi connectivity index (χ0n) is 13.5. The van der Waals surface area contributed by atoms with Crippen molar-refractivity contribution in [3.8, 4) is 0 Å². The van der Waals surface area contributed by atoms with Crippen LogP contribution >= 0.6 is 0 Å². The average Bonchev–Trinajstić information content (AvgIpc) is 2.52. The SMILES string of the molecule is CO[C@@H]1C[C@H](C(=O)NCCCc2cccc(C)c2)CC[C@@H]1O. The van der Waals surface area contributed by atoms with E-state index in [1.54, 1.807) is 7.11 Å². The first kappa shape index (κ1) is 17.0. The summed E-state index contributed by atoms with van der Waals surface area (Å²) >= 11 is 0. The highest BCUT2D eigenvalue weighted by Gasteiger charge is 2.32. The largest absolute Gasteiger partial charge is 0.390 e. The first-order valence-corrected chi connectivity index (χ1v) is 8.14. The smallest absolute Gasteiger partial charge is 0.223 e. The molecule has 1 aromatic carbocycles. The number of ether oxygens (including phenoxy) is 1. The molecule has 1 aliphatic carbocycles. The summed E-state index contributed by atoms with van der Waals surface area (Å²) in [6.07, 6.45) is 3.27. The molecule has 0 radical (unpaired) electrons. The number of aryl methyl sites for hydroxylation is 2. The molecule has 0 bridgehead atoms. The van der Waals surface area contributed by atoms with Gasteiger partial charge in [0.25, 0.3) is 0 Å². The van der Waals surface area contributed by atoms with E-state index in [0.717, 1.165) is 19.3 Å². The minimum absolute atomic E-state index is 0.0349. The number of hydrogen-bond acceptors (Lipinski definition) is 3. The summed E-state index contributed by atoms with van der Waals surface area (Å²) in [5, 5.41) is 12.8. The van der Waals surface area contributed by atoms with E-state index in [1.165, 1.54) is 11.1 Å². The van der Waals surface area contributed by atoms with Gasteiger partial charge in [-0.15, -0.1) is 0 Å². The molecule has 0 saturated heterocycles. The Bertz CT molecular complexity index is 489. The molecular weight excluding hydrogens is 278 g/mol. The minimum Gasteiger partial charge on any atom is -0.390 e. The van der Waals surface area contributed by atoms with Gasteiger partial charge in [-0.1, -0.05) is 29.8 Å². The monoisotopic (exact) mass is 305 g/mol. The molecule has 1 aromatic rings. The third-order valence-corrected chi connectivity index (χ3v) is 4.45. The van der Waals surface area contributed by atoms with Crippen molar-refractivity contribution in [1.29, 1.82) is 0 Å². The van der Waals surface area contributed by atoms with Crippen LogP contribution in [0, 0.1) is 12.8 Å². The van der Waals surface area contributed by atoms with Gasteiger partial charge < -0.3 is 15.2 Å². The quantitative estimate of drug-likeness (QED) is 0.792. The molecule has 1 amide bonds. The fourth-order valence-electron chi connectivity index (χ4n) is 3.12. The molecule has 122 valence electrons.